The molecule has 0 heterocycles. The maximum absolute atomic E-state index is 13.5. The summed E-state index contributed by atoms with van der Waals surface area (Å²) in [6.07, 6.45) is 1.83. The van der Waals surface area contributed by atoms with Crippen molar-refractivity contribution in [3.05, 3.63) is 64.2 Å². The van der Waals surface area contributed by atoms with Crippen LogP contribution in [0.3, 0.4) is 0 Å². The first-order valence-electron chi connectivity index (χ1n) is 10.8. The molecule has 0 bridgehead atoms. The van der Waals surface area contributed by atoms with Crippen LogP contribution >= 0.6 is 11.6 Å². The first kappa shape index (κ1) is 26.7. The van der Waals surface area contributed by atoms with E-state index in [0.717, 1.165) is 33.7 Å². The van der Waals surface area contributed by atoms with E-state index in [4.69, 9.17) is 11.6 Å². The summed E-state index contributed by atoms with van der Waals surface area (Å²) in [5, 5.41) is 3.32. The normalized spacial score (nSPS) is 12.2. The van der Waals surface area contributed by atoms with E-state index in [-0.39, 0.29) is 12.5 Å². The van der Waals surface area contributed by atoms with Crippen LogP contribution < -0.4 is 9.62 Å². The van der Waals surface area contributed by atoms with Crippen LogP contribution in [0, 0.1) is 13.8 Å². The maximum atomic E-state index is 13.5. The number of nitrogens with zero attached hydrogens (tertiary/aromatic N) is 2. The minimum absolute atomic E-state index is 0.116. The average molecular weight is 494 g/mol. The molecule has 1 unspecified atom stereocenters. The summed E-state index contributed by atoms with van der Waals surface area (Å²) in [5.74, 6) is -0.787. The first-order valence-corrected chi connectivity index (χ1v) is 13.0. The SMILES string of the molecule is CCCNC(=O)C(C)N(Cc1cccc(Cl)c1)C(=O)CN(c1cccc(C)c1C)S(C)(=O)=O. The molecule has 0 saturated heterocycles. The van der Waals surface area contributed by atoms with Crippen LogP contribution in [0.1, 0.15) is 37.0 Å². The molecule has 9 heteroatoms. The van der Waals surface area contributed by atoms with E-state index in [2.05, 4.69) is 5.32 Å². The van der Waals surface area contributed by atoms with Crippen molar-refractivity contribution in [1.82, 2.24) is 10.2 Å². The van der Waals surface area contributed by atoms with Crippen LogP contribution in [0.15, 0.2) is 42.5 Å². The third-order valence-corrected chi connectivity index (χ3v) is 6.84. The van der Waals surface area contributed by atoms with Gasteiger partial charge in [-0.1, -0.05) is 42.8 Å². The van der Waals surface area contributed by atoms with E-state index < -0.39 is 28.5 Å². The van der Waals surface area contributed by atoms with Gasteiger partial charge < -0.3 is 10.2 Å². The lowest BCUT2D eigenvalue weighted by Gasteiger charge is -2.32. The number of benzene rings is 2. The summed E-state index contributed by atoms with van der Waals surface area (Å²) < 4.78 is 26.4. The van der Waals surface area contributed by atoms with Gasteiger partial charge in [-0.15, -0.1) is 0 Å². The van der Waals surface area contributed by atoms with Gasteiger partial charge in [-0.25, -0.2) is 8.42 Å². The molecule has 0 fully saturated rings. The Labute approximate surface area is 201 Å². The third kappa shape index (κ3) is 7.20. The predicted molar refractivity (Wildman–Crippen MR) is 133 cm³/mol. The van der Waals surface area contributed by atoms with Gasteiger partial charge in [-0.3, -0.25) is 13.9 Å². The summed E-state index contributed by atoms with van der Waals surface area (Å²) in [4.78, 5) is 27.6. The average Bonchev–Trinajstić information content (AvgIpc) is 2.75. The van der Waals surface area contributed by atoms with Crippen LogP contribution in [-0.4, -0.2) is 50.5 Å². The lowest BCUT2D eigenvalue weighted by Crippen LogP contribution is -2.51. The number of hydrogen-bond donors (Lipinski definition) is 1. The van der Waals surface area contributed by atoms with Crippen molar-refractivity contribution >= 4 is 39.1 Å². The molecule has 2 aromatic carbocycles. The van der Waals surface area contributed by atoms with Gasteiger partial charge >= 0.3 is 0 Å². The zero-order chi connectivity index (χ0) is 24.8. The van der Waals surface area contributed by atoms with Crippen molar-refractivity contribution < 1.29 is 18.0 Å². The fourth-order valence-corrected chi connectivity index (χ4v) is 4.52. The highest BCUT2D eigenvalue weighted by molar-refractivity contribution is 7.92. The summed E-state index contributed by atoms with van der Waals surface area (Å²) in [7, 11) is -3.76. The van der Waals surface area contributed by atoms with Crippen molar-refractivity contribution in [3.63, 3.8) is 0 Å². The highest BCUT2D eigenvalue weighted by Gasteiger charge is 2.30. The summed E-state index contributed by atoms with van der Waals surface area (Å²) in [6, 6.07) is 11.5. The zero-order valence-electron chi connectivity index (χ0n) is 19.8. The molecule has 0 aliphatic heterocycles. The van der Waals surface area contributed by atoms with Crippen LogP contribution in [0.5, 0.6) is 0 Å². The van der Waals surface area contributed by atoms with Gasteiger partial charge in [0.15, 0.2) is 0 Å². The van der Waals surface area contributed by atoms with Crippen molar-refractivity contribution in [3.8, 4) is 0 Å². The highest BCUT2D eigenvalue weighted by atomic mass is 35.5. The lowest BCUT2D eigenvalue weighted by molar-refractivity contribution is -0.139. The van der Waals surface area contributed by atoms with E-state index >= 15 is 0 Å². The first-order chi connectivity index (χ1) is 15.5. The number of anilines is 1. The van der Waals surface area contributed by atoms with Gasteiger partial charge in [0, 0.05) is 18.1 Å². The second kappa shape index (κ2) is 11.5. The highest BCUT2D eigenvalue weighted by Crippen LogP contribution is 2.25. The minimum atomic E-state index is -3.76. The Hall–Kier alpha value is -2.58. The van der Waals surface area contributed by atoms with E-state index in [1.165, 1.54) is 4.90 Å². The van der Waals surface area contributed by atoms with Gasteiger partial charge in [0.2, 0.25) is 21.8 Å². The number of nitrogens with one attached hydrogen (secondary N) is 1. The summed E-state index contributed by atoms with van der Waals surface area (Å²) >= 11 is 6.10. The molecule has 1 atom stereocenters. The Balaban J connectivity index is 2.42. The number of amides is 2. The molecule has 1 N–H and O–H groups in total. The van der Waals surface area contributed by atoms with Gasteiger partial charge in [0.25, 0.3) is 0 Å². The van der Waals surface area contributed by atoms with Gasteiger partial charge in [-0.2, -0.15) is 0 Å². The standard InChI is InChI=1S/C24H32ClN3O4S/c1-6-13-26-24(30)19(4)27(15-20-10-8-11-21(25)14-20)23(29)16-28(33(5,31)32)22-12-7-9-17(2)18(22)3/h7-12,14,19H,6,13,15-16H2,1-5H3,(H,26,30). The molecule has 2 rings (SSSR count). The Morgan fingerprint density at radius 2 is 1.79 bits per heavy atom. The Morgan fingerprint density at radius 3 is 2.39 bits per heavy atom. The van der Waals surface area contributed by atoms with E-state index in [9.17, 15) is 18.0 Å². The number of halogens is 1. The summed E-state index contributed by atoms with van der Waals surface area (Å²) in [5.41, 5.74) is 2.86. The molecule has 180 valence electrons. The zero-order valence-corrected chi connectivity index (χ0v) is 21.3. The van der Waals surface area contributed by atoms with Crippen molar-refractivity contribution in [2.75, 3.05) is 23.7 Å². The quantitative estimate of drug-likeness (QED) is 0.547. The van der Waals surface area contributed by atoms with Crippen LogP contribution in [0.4, 0.5) is 5.69 Å². The van der Waals surface area contributed by atoms with Gasteiger partial charge in [0.05, 0.1) is 11.9 Å². The molecule has 0 aliphatic rings. The fraction of sp³-hybridized carbons (Fsp3) is 0.417. The van der Waals surface area contributed by atoms with E-state index in [0.29, 0.717) is 17.3 Å². The molecule has 0 saturated carbocycles. The lowest BCUT2D eigenvalue weighted by atomic mass is 10.1. The molecule has 0 radical (unpaired) electrons. The number of carbonyl (C=O) groups is 2. The number of sulfonamides is 1. The number of aryl methyl sites for hydroxylation is 1. The van der Waals surface area contributed by atoms with Crippen molar-refractivity contribution in [1.29, 1.82) is 0 Å². The molecule has 0 aliphatic carbocycles. The predicted octanol–water partition coefficient (Wildman–Crippen LogP) is 3.67. The molecule has 7 nitrogen and oxygen atoms in total. The monoisotopic (exact) mass is 493 g/mol. The van der Waals surface area contributed by atoms with Gasteiger partial charge in [0.1, 0.15) is 12.6 Å². The van der Waals surface area contributed by atoms with Crippen LogP contribution in [0.25, 0.3) is 0 Å². The van der Waals surface area contributed by atoms with Gasteiger partial charge in [-0.05, 0) is 62.1 Å². The molecule has 33 heavy (non-hydrogen) atoms. The topological polar surface area (TPSA) is 86.8 Å². The molecule has 0 spiro atoms. The fourth-order valence-electron chi connectivity index (χ4n) is 3.41. The molecular weight excluding hydrogens is 462 g/mol. The Kier molecular flexibility index (Phi) is 9.31. The molecule has 2 aromatic rings. The summed E-state index contributed by atoms with van der Waals surface area (Å²) in [6.45, 7) is 7.45. The van der Waals surface area contributed by atoms with Crippen LogP contribution in [0.2, 0.25) is 5.02 Å². The van der Waals surface area contributed by atoms with Crippen molar-refractivity contribution in [2.24, 2.45) is 0 Å². The second-order valence-corrected chi connectivity index (χ2v) is 10.5. The Morgan fingerprint density at radius 1 is 1.12 bits per heavy atom. The van der Waals surface area contributed by atoms with Crippen LogP contribution in [-0.2, 0) is 26.2 Å². The van der Waals surface area contributed by atoms with E-state index in [1.54, 1.807) is 37.3 Å². The van der Waals surface area contributed by atoms with Crippen molar-refractivity contribution in [2.45, 2.75) is 46.7 Å². The largest absolute Gasteiger partial charge is 0.354 e. The number of hydrogen-bond acceptors (Lipinski definition) is 4. The molecule has 2 amide bonds. The Bertz CT molecular complexity index is 1100. The minimum Gasteiger partial charge on any atom is -0.354 e. The molecule has 0 aromatic heterocycles. The maximum Gasteiger partial charge on any atom is 0.244 e. The smallest absolute Gasteiger partial charge is 0.244 e. The number of carbonyl (C=O) groups excluding carboxylic acids is 2. The molecular formula is C24H32ClN3O4S. The second-order valence-electron chi connectivity index (χ2n) is 8.11. The van der Waals surface area contributed by atoms with E-state index in [1.807, 2.05) is 32.9 Å². The third-order valence-electron chi connectivity index (χ3n) is 5.48. The number of rotatable bonds is 10.